The molecule has 2 aromatic carbocycles. The summed E-state index contributed by atoms with van der Waals surface area (Å²) in [6.45, 7) is 6.05. The van der Waals surface area contributed by atoms with Crippen LogP contribution in [-0.4, -0.2) is 25.5 Å². The van der Waals surface area contributed by atoms with Crippen LogP contribution in [0.4, 0.5) is 13.2 Å². The molecule has 1 N–H and O–H groups in total. The second kappa shape index (κ2) is 12.3. The predicted octanol–water partition coefficient (Wildman–Crippen LogP) is 7.26. The Morgan fingerprint density at radius 3 is 2.24 bits per heavy atom. The van der Waals surface area contributed by atoms with Gasteiger partial charge in [-0.3, -0.25) is 9.59 Å². The maximum atomic E-state index is 12.9. The second-order valence-electron chi connectivity index (χ2n) is 8.69. The minimum absolute atomic E-state index is 0.100. The molecule has 1 amide bonds. The molecule has 1 aromatic heterocycles. The van der Waals surface area contributed by atoms with E-state index >= 15 is 0 Å². The summed E-state index contributed by atoms with van der Waals surface area (Å²) in [4.78, 5) is 25.1. The van der Waals surface area contributed by atoms with Crippen LogP contribution in [0.5, 0.6) is 5.75 Å². The molecule has 1 unspecified atom stereocenters. The van der Waals surface area contributed by atoms with E-state index in [4.69, 9.17) is 4.74 Å². The Kier molecular flexibility index (Phi) is 9.37. The predicted molar refractivity (Wildman–Crippen MR) is 138 cm³/mol. The summed E-state index contributed by atoms with van der Waals surface area (Å²) in [5.41, 5.74) is 2.68. The zero-order valence-corrected chi connectivity index (χ0v) is 22.0. The van der Waals surface area contributed by atoms with E-state index in [0.29, 0.717) is 16.2 Å². The summed E-state index contributed by atoms with van der Waals surface area (Å²) < 4.78 is 49.8. The van der Waals surface area contributed by atoms with Crippen molar-refractivity contribution < 1.29 is 32.2 Å². The number of esters is 1. The number of alkyl halides is 3. The van der Waals surface area contributed by atoms with Gasteiger partial charge in [0, 0.05) is 11.4 Å². The van der Waals surface area contributed by atoms with Gasteiger partial charge in [0.1, 0.15) is 11.9 Å². The zero-order chi connectivity index (χ0) is 27.2. The lowest BCUT2D eigenvalue weighted by atomic mass is 9.94. The fourth-order valence-electron chi connectivity index (χ4n) is 4.07. The number of hydrogen-bond acceptors (Lipinski definition) is 5. The molecule has 0 spiro atoms. The first kappa shape index (κ1) is 28.2. The van der Waals surface area contributed by atoms with Crippen molar-refractivity contribution in [2.75, 3.05) is 13.7 Å². The molecule has 0 bridgehead atoms. The third-order valence-corrected chi connectivity index (χ3v) is 7.02. The number of halogens is 3. The number of hydrogen-bond donors (Lipinski definition) is 1. The van der Waals surface area contributed by atoms with Crippen LogP contribution in [-0.2, 0) is 15.7 Å². The van der Waals surface area contributed by atoms with Crippen LogP contribution in [0.25, 0.3) is 11.1 Å². The van der Waals surface area contributed by atoms with Gasteiger partial charge >= 0.3 is 12.1 Å². The highest BCUT2D eigenvalue weighted by atomic mass is 32.1. The number of aryl methyl sites for hydroxylation is 2. The average molecular weight is 534 g/mol. The van der Waals surface area contributed by atoms with Gasteiger partial charge in [0.25, 0.3) is 5.91 Å². The highest BCUT2D eigenvalue weighted by Crippen LogP contribution is 2.37. The van der Waals surface area contributed by atoms with E-state index in [9.17, 15) is 22.8 Å². The van der Waals surface area contributed by atoms with Crippen LogP contribution in [0, 0.1) is 13.8 Å². The molecular weight excluding hydrogens is 503 g/mol. The molecule has 0 aliphatic heterocycles. The number of ether oxygens (including phenoxy) is 2. The Balaban J connectivity index is 1.76. The van der Waals surface area contributed by atoms with Crippen LogP contribution in [0.3, 0.4) is 0 Å². The summed E-state index contributed by atoms with van der Waals surface area (Å²) in [5.74, 6) is 0.00285. The SMILES string of the molecule is CCCC(Oc1cc(C)c(-c2ccc(C(F)(F)F)cc2)c(C)c1)c1ccc(C(=O)NCCC(=O)OC)s1. The summed E-state index contributed by atoms with van der Waals surface area (Å²) >= 11 is 1.34. The monoisotopic (exact) mass is 533 g/mol. The van der Waals surface area contributed by atoms with E-state index in [1.165, 1.54) is 30.6 Å². The van der Waals surface area contributed by atoms with Crippen molar-refractivity contribution in [2.24, 2.45) is 0 Å². The van der Waals surface area contributed by atoms with Crippen molar-refractivity contribution in [3.63, 3.8) is 0 Å². The maximum Gasteiger partial charge on any atom is 0.416 e. The van der Waals surface area contributed by atoms with Crippen LogP contribution in [0.15, 0.2) is 48.5 Å². The highest BCUT2D eigenvalue weighted by Gasteiger charge is 2.30. The van der Waals surface area contributed by atoms with Gasteiger partial charge in [-0.05, 0) is 78.9 Å². The molecule has 0 radical (unpaired) electrons. The van der Waals surface area contributed by atoms with Gasteiger partial charge in [-0.25, -0.2) is 0 Å². The first-order chi connectivity index (χ1) is 17.5. The third kappa shape index (κ3) is 7.35. The molecule has 0 saturated heterocycles. The van der Waals surface area contributed by atoms with E-state index in [1.807, 2.05) is 32.0 Å². The summed E-state index contributed by atoms with van der Waals surface area (Å²) in [7, 11) is 1.30. The summed E-state index contributed by atoms with van der Waals surface area (Å²) in [6.07, 6.45) is -2.93. The van der Waals surface area contributed by atoms with Gasteiger partial charge in [0.05, 0.1) is 24.0 Å². The number of carbonyl (C=O) groups is 2. The molecular formula is C28H30F3NO4S. The third-order valence-electron chi connectivity index (χ3n) is 5.85. The van der Waals surface area contributed by atoms with Crippen LogP contribution < -0.4 is 10.1 Å². The highest BCUT2D eigenvalue weighted by molar-refractivity contribution is 7.14. The van der Waals surface area contributed by atoms with Crippen molar-refractivity contribution in [1.29, 1.82) is 0 Å². The first-order valence-corrected chi connectivity index (χ1v) is 12.8. The lowest BCUT2D eigenvalue weighted by molar-refractivity contribution is -0.140. The number of benzene rings is 2. The fourth-order valence-corrected chi connectivity index (χ4v) is 5.06. The van der Waals surface area contributed by atoms with Gasteiger partial charge in [0.2, 0.25) is 0 Å². The van der Waals surface area contributed by atoms with Gasteiger partial charge in [-0.15, -0.1) is 11.3 Å². The molecule has 0 saturated carbocycles. The molecule has 3 aromatic rings. The van der Waals surface area contributed by atoms with Crippen LogP contribution in [0.2, 0.25) is 0 Å². The van der Waals surface area contributed by atoms with Crippen LogP contribution >= 0.6 is 11.3 Å². The van der Waals surface area contributed by atoms with E-state index in [0.717, 1.165) is 46.5 Å². The molecule has 37 heavy (non-hydrogen) atoms. The quantitative estimate of drug-likeness (QED) is 0.279. The number of thiophene rings is 1. The van der Waals surface area contributed by atoms with Crippen molar-refractivity contribution >= 4 is 23.2 Å². The normalized spacial score (nSPS) is 12.2. The molecule has 0 aliphatic carbocycles. The van der Waals surface area contributed by atoms with Crippen molar-refractivity contribution in [2.45, 2.75) is 52.3 Å². The standard InChI is InChI=1S/C28H30F3NO4S/c1-5-6-22(23-11-12-24(37-23)27(34)32-14-13-25(33)35-4)36-21-15-17(2)26(18(3)16-21)19-7-9-20(10-8-19)28(29,30)31/h7-12,15-16,22H,5-6,13-14H2,1-4H3,(H,32,34). The Morgan fingerprint density at radius 2 is 1.68 bits per heavy atom. The minimum Gasteiger partial charge on any atom is -0.485 e. The minimum atomic E-state index is -4.38. The fraction of sp³-hybridized carbons (Fsp3) is 0.357. The topological polar surface area (TPSA) is 64.6 Å². The molecule has 198 valence electrons. The van der Waals surface area contributed by atoms with Crippen LogP contribution in [0.1, 0.15) is 63.5 Å². The molecule has 9 heteroatoms. The van der Waals surface area contributed by atoms with Crippen molar-refractivity contribution in [3.05, 3.63) is 75.0 Å². The Bertz CT molecular complexity index is 1210. The van der Waals surface area contributed by atoms with E-state index in [2.05, 4.69) is 17.0 Å². The lowest BCUT2D eigenvalue weighted by Crippen LogP contribution is -2.25. The summed E-state index contributed by atoms with van der Waals surface area (Å²) in [6, 6.07) is 12.5. The van der Waals surface area contributed by atoms with Gasteiger partial charge in [-0.1, -0.05) is 25.5 Å². The zero-order valence-electron chi connectivity index (χ0n) is 21.2. The molecule has 1 atom stereocenters. The number of nitrogens with one attached hydrogen (secondary N) is 1. The summed E-state index contributed by atoms with van der Waals surface area (Å²) in [5, 5.41) is 2.71. The Hall–Kier alpha value is -3.33. The van der Waals surface area contributed by atoms with Crippen molar-refractivity contribution in [1.82, 2.24) is 5.32 Å². The smallest absolute Gasteiger partial charge is 0.416 e. The second-order valence-corrected chi connectivity index (χ2v) is 9.80. The first-order valence-electron chi connectivity index (χ1n) is 11.9. The molecule has 0 fully saturated rings. The van der Waals surface area contributed by atoms with E-state index < -0.39 is 17.7 Å². The number of rotatable bonds is 10. The maximum absolute atomic E-state index is 12.9. The number of methoxy groups -OCH3 is 1. The Labute approximate surface area is 218 Å². The average Bonchev–Trinajstić information content (AvgIpc) is 3.33. The molecule has 1 heterocycles. The molecule has 0 aliphatic rings. The van der Waals surface area contributed by atoms with Gasteiger partial charge in [0.15, 0.2) is 0 Å². The Morgan fingerprint density at radius 1 is 1.03 bits per heavy atom. The van der Waals surface area contributed by atoms with E-state index in [1.54, 1.807) is 6.07 Å². The lowest BCUT2D eigenvalue weighted by Gasteiger charge is -2.20. The largest absolute Gasteiger partial charge is 0.485 e. The molecule has 3 rings (SSSR count). The van der Waals surface area contributed by atoms with E-state index in [-0.39, 0.29) is 25.0 Å². The van der Waals surface area contributed by atoms with Gasteiger partial charge < -0.3 is 14.8 Å². The number of amides is 1. The van der Waals surface area contributed by atoms with Gasteiger partial charge in [-0.2, -0.15) is 13.2 Å². The van der Waals surface area contributed by atoms with Crippen molar-refractivity contribution in [3.8, 4) is 16.9 Å². The molecule has 5 nitrogen and oxygen atoms in total. The number of carbonyl (C=O) groups excluding carboxylic acids is 2.